The molecule has 1 aliphatic rings. The van der Waals surface area contributed by atoms with E-state index in [-0.39, 0.29) is 56.6 Å². The van der Waals surface area contributed by atoms with Crippen LogP contribution in [0.4, 0.5) is 0 Å². The van der Waals surface area contributed by atoms with E-state index in [2.05, 4.69) is 10.6 Å². The van der Waals surface area contributed by atoms with Crippen LogP contribution in [0.25, 0.3) is 0 Å². The molecule has 1 saturated heterocycles. The van der Waals surface area contributed by atoms with Crippen LogP contribution in [-0.2, 0) is 58.6 Å². The highest BCUT2D eigenvalue weighted by Crippen LogP contribution is 2.06. The summed E-state index contributed by atoms with van der Waals surface area (Å²) in [6.07, 6.45) is -1.16. The summed E-state index contributed by atoms with van der Waals surface area (Å²) in [6, 6.07) is -5.25. The van der Waals surface area contributed by atoms with Gasteiger partial charge in [-0.2, -0.15) is 16.8 Å². The number of rotatable bonds is 21. The number of carbonyl (C=O) groups is 8. The molecule has 5 N–H and O–H groups in total. The van der Waals surface area contributed by atoms with Gasteiger partial charge in [-0.3, -0.25) is 62.3 Å². The van der Waals surface area contributed by atoms with Gasteiger partial charge in [0.15, 0.2) is 13.6 Å². The molecule has 310 valence electrons. The van der Waals surface area contributed by atoms with Crippen LogP contribution in [0.2, 0.25) is 0 Å². The maximum Gasteiger partial charge on any atom is 0.267 e. The molecule has 1 unspecified atom stereocenters. The van der Waals surface area contributed by atoms with Crippen molar-refractivity contribution in [3.63, 3.8) is 0 Å². The molecular formula is C31H52BN7O14S2. The Labute approximate surface area is 322 Å². The van der Waals surface area contributed by atoms with Crippen molar-refractivity contribution < 1.29 is 64.3 Å². The van der Waals surface area contributed by atoms with Gasteiger partial charge in [0.25, 0.3) is 20.2 Å². The topological polar surface area (TPSA) is 294 Å². The lowest BCUT2D eigenvalue weighted by Crippen LogP contribution is -2.55. The van der Waals surface area contributed by atoms with Crippen molar-refractivity contribution in [3.05, 3.63) is 0 Å². The van der Waals surface area contributed by atoms with E-state index in [0.717, 1.165) is 6.92 Å². The van der Waals surface area contributed by atoms with Crippen molar-refractivity contribution in [2.75, 3.05) is 90.0 Å². The molecule has 0 aromatic carbocycles. The number of carbonyl (C=O) groups excluding carboxylic acids is 8. The smallest absolute Gasteiger partial charge is 0.267 e. The Morgan fingerprint density at radius 3 is 1.22 bits per heavy atom. The summed E-state index contributed by atoms with van der Waals surface area (Å²) in [5.74, 6) is -6.47. The standard InChI is InChI=1S/C31H52BN7O14S2/c1-21(40)15-36-7-9-37(16-22(2)41)11-13-39(14-12-38(10-8-36)17-23(3)42)18-29(45)33-25(31(47)35-27(30(32)46)20-55(51,52)53)5-6-28(44)34-26(24(4)43)19-54(48,49)50/h25-27H,5-20H2,1-4H3,(H,33,45)(H,34,44)(H,35,47)(H,48,49,50)(H,51,52,53)/t25?,26-,27-/m0/s1. The molecule has 0 bridgehead atoms. The monoisotopic (exact) mass is 821 g/mol. The van der Waals surface area contributed by atoms with Crippen molar-refractivity contribution in [2.45, 2.75) is 58.7 Å². The summed E-state index contributed by atoms with van der Waals surface area (Å²) in [5, 5.41) is 6.56. The molecule has 21 nitrogen and oxygen atoms in total. The average molecular weight is 822 g/mol. The van der Waals surface area contributed by atoms with Gasteiger partial charge in [0.05, 0.1) is 37.9 Å². The van der Waals surface area contributed by atoms with Gasteiger partial charge in [0.2, 0.25) is 17.7 Å². The minimum Gasteiger partial charge on any atom is -0.345 e. The highest BCUT2D eigenvalue weighted by molar-refractivity contribution is 7.86. The third-order valence-corrected chi connectivity index (χ3v) is 9.70. The van der Waals surface area contributed by atoms with Crippen molar-refractivity contribution in [1.29, 1.82) is 0 Å². The molecule has 1 heterocycles. The van der Waals surface area contributed by atoms with Crippen LogP contribution < -0.4 is 16.0 Å². The Kier molecular flexibility index (Phi) is 21.2. The molecule has 2 radical (unpaired) electrons. The Morgan fingerprint density at radius 2 is 0.891 bits per heavy atom. The van der Waals surface area contributed by atoms with Crippen LogP contribution in [0.3, 0.4) is 0 Å². The van der Waals surface area contributed by atoms with Gasteiger partial charge in [0, 0.05) is 58.8 Å². The number of nitrogens with one attached hydrogen (secondary N) is 3. The van der Waals surface area contributed by atoms with Crippen molar-refractivity contribution in [3.8, 4) is 0 Å². The zero-order valence-electron chi connectivity index (χ0n) is 31.5. The third kappa shape index (κ3) is 23.2. The van der Waals surface area contributed by atoms with Gasteiger partial charge < -0.3 is 20.7 Å². The van der Waals surface area contributed by atoms with Gasteiger partial charge in [-0.15, -0.1) is 0 Å². The third-order valence-electron chi connectivity index (χ3n) is 8.19. The fourth-order valence-electron chi connectivity index (χ4n) is 5.56. The summed E-state index contributed by atoms with van der Waals surface area (Å²) < 4.78 is 63.9. The van der Waals surface area contributed by atoms with E-state index in [1.165, 1.54) is 20.8 Å². The van der Waals surface area contributed by atoms with E-state index < -0.39 is 91.9 Å². The van der Waals surface area contributed by atoms with Gasteiger partial charge in [0.1, 0.15) is 40.9 Å². The predicted octanol–water partition coefficient (Wildman–Crippen LogP) is -4.73. The second-order valence-electron chi connectivity index (χ2n) is 13.6. The molecule has 0 aliphatic carbocycles. The fourth-order valence-corrected chi connectivity index (χ4v) is 6.97. The Bertz CT molecular complexity index is 1600. The predicted molar refractivity (Wildman–Crippen MR) is 197 cm³/mol. The van der Waals surface area contributed by atoms with Gasteiger partial charge in [-0.1, -0.05) is 0 Å². The lowest BCUT2D eigenvalue weighted by molar-refractivity contribution is -0.131. The lowest BCUT2D eigenvalue weighted by atomic mass is 9.95. The molecule has 55 heavy (non-hydrogen) atoms. The Balaban J connectivity index is 3.32. The van der Waals surface area contributed by atoms with Gasteiger partial charge in [-0.25, -0.2) is 0 Å². The average Bonchev–Trinajstić information content (AvgIpc) is 3.01. The Morgan fingerprint density at radius 1 is 0.545 bits per heavy atom. The normalized spacial score (nSPS) is 17.7. The van der Waals surface area contributed by atoms with Crippen LogP contribution in [0, 0.1) is 0 Å². The maximum absolute atomic E-state index is 13.5. The molecule has 3 amide bonds. The molecule has 0 aromatic rings. The lowest BCUT2D eigenvalue weighted by Gasteiger charge is -2.33. The number of hydrogen-bond acceptors (Lipinski definition) is 16. The minimum absolute atomic E-state index is 0.0471. The molecule has 24 heteroatoms. The molecular weight excluding hydrogens is 769 g/mol. The second kappa shape index (κ2) is 23.5. The van der Waals surface area contributed by atoms with E-state index in [9.17, 15) is 59.7 Å². The summed E-state index contributed by atoms with van der Waals surface area (Å²) in [4.78, 5) is 107. The van der Waals surface area contributed by atoms with E-state index in [4.69, 9.17) is 12.4 Å². The molecule has 3 atom stereocenters. The van der Waals surface area contributed by atoms with E-state index in [0.29, 0.717) is 39.3 Å². The quantitative estimate of drug-likeness (QED) is 0.0537. The summed E-state index contributed by atoms with van der Waals surface area (Å²) >= 11 is 0. The van der Waals surface area contributed by atoms with Crippen LogP contribution >= 0.6 is 0 Å². The van der Waals surface area contributed by atoms with Crippen LogP contribution in [0.15, 0.2) is 0 Å². The van der Waals surface area contributed by atoms with E-state index >= 15 is 0 Å². The van der Waals surface area contributed by atoms with Crippen molar-refractivity contribution >= 4 is 74.6 Å². The van der Waals surface area contributed by atoms with Crippen molar-refractivity contribution in [2.24, 2.45) is 0 Å². The van der Waals surface area contributed by atoms with Crippen LogP contribution in [0.5, 0.6) is 0 Å². The molecule has 1 aliphatic heterocycles. The summed E-state index contributed by atoms with van der Waals surface area (Å²) in [7, 11) is -4.33. The van der Waals surface area contributed by atoms with Gasteiger partial charge >= 0.3 is 0 Å². The number of Topliss-reactive ketones (excluding diaryl/α,β-unsaturated/α-hetero) is 4. The molecule has 0 saturated carbocycles. The first kappa shape index (κ1) is 49.5. The number of nitrogens with zero attached hydrogens (tertiary/aromatic N) is 4. The largest absolute Gasteiger partial charge is 0.345 e. The molecule has 1 rings (SSSR count). The number of amides is 3. The highest BCUT2D eigenvalue weighted by Gasteiger charge is 2.30. The fraction of sp³-hybridized carbons (Fsp3) is 0.742. The summed E-state index contributed by atoms with van der Waals surface area (Å²) in [5.41, 5.74) is -1.35. The SMILES string of the molecule is [B]C(=O)[C@H](CS(=O)(=O)O)NC(=O)C(CCC(=O)N[C@@H](CS(=O)(=O)O)C(C)=O)NC(=O)CN1CCN(CC(C)=O)CCN(CC(C)=O)CCN(CC(C)=O)CC1. The molecule has 0 aromatic heterocycles. The van der Waals surface area contributed by atoms with Crippen LogP contribution in [-0.4, -0.2) is 208 Å². The second-order valence-corrected chi connectivity index (χ2v) is 16.6. The van der Waals surface area contributed by atoms with E-state index in [1.54, 1.807) is 4.90 Å². The first-order valence-corrected chi connectivity index (χ1v) is 20.5. The molecule has 0 spiro atoms. The minimum atomic E-state index is -4.84. The first-order chi connectivity index (χ1) is 25.3. The number of ketones is 4. The molecule has 1 fully saturated rings. The van der Waals surface area contributed by atoms with Crippen LogP contribution in [0.1, 0.15) is 40.5 Å². The van der Waals surface area contributed by atoms with Gasteiger partial charge in [-0.05, 0) is 34.1 Å². The first-order valence-electron chi connectivity index (χ1n) is 17.3. The summed E-state index contributed by atoms with van der Waals surface area (Å²) in [6.45, 7) is 8.02. The highest BCUT2D eigenvalue weighted by atomic mass is 32.2. The maximum atomic E-state index is 13.5. The zero-order valence-corrected chi connectivity index (χ0v) is 33.2. The number of hydrogen-bond donors (Lipinski definition) is 5. The van der Waals surface area contributed by atoms with E-state index in [1.807, 2.05) is 20.0 Å². The van der Waals surface area contributed by atoms with Crippen molar-refractivity contribution in [1.82, 2.24) is 35.6 Å². The Hall–Kier alpha value is -3.52. The zero-order chi connectivity index (χ0) is 42.1.